The molecule has 0 saturated carbocycles. The standard InChI is InChI=1S/C42H38N8O2S/c51-38(25-31-7-1-3-18-43-31)49-20-5-9-37(49)40-45-33-16-14-29(23-35(33)47-40)27-10-12-28(13-11-27)30-15-17-34-36(24-30)48-41(46-34)42-50(21-6-22-53-42)39(52)26-32-8-2-4-19-44-32/h1-4,7-8,10-19,23-24,37,42H,5-6,9,20-22,25-26H2,(H,45,47)(H,46,48). The number of aromatic amines is 2. The summed E-state index contributed by atoms with van der Waals surface area (Å²) in [6.07, 6.45) is 6.83. The molecule has 264 valence electrons. The van der Waals surface area contributed by atoms with Gasteiger partial charge in [-0.2, -0.15) is 0 Å². The molecule has 6 heterocycles. The van der Waals surface area contributed by atoms with Gasteiger partial charge in [-0.3, -0.25) is 19.6 Å². The molecule has 0 spiro atoms. The first kappa shape index (κ1) is 33.1. The van der Waals surface area contributed by atoms with Crippen LogP contribution in [0, 0.1) is 0 Å². The largest absolute Gasteiger partial charge is 0.340 e. The van der Waals surface area contributed by atoms with Crippen molar-refractivity contribution in [2.75, 3.05) is 18.8 Å². The Kier molecular flexibility index (Phi) is 8.92. The summed E-state index contributed by atoms with van der Waals surface area (Å²) in [6, 6.07) is 32.5. The molecule has 2 amide bonds. The minimum atomic E-state index is -0.157. The number of benzene rings is 3. The number of amides is 2. The lowest BCUT2D eigenvalue weighted by atomic mass is 10.00. The van der Waals surface area contributed by atoms with Crippen LogP contribution >= 0.6 is 11.8 Å². The predicted octanol–water partition coefficient (Wildman–Crippen LogP) is 7.68. The maximum atomic E-state index is 13.4. The van der Waals surface area contributed by atoms with Gasteiger partial charge in [-0.25, -0.2) is 9.97 Å². The van der Waals surface area contributed by atoms with Gasteiger partial charge in [0.25, 0.3) is 0 Å². The molecule has 4 aromatic heterocycles. The lowest BCUT2D eigenvalue weighted by Crippen LogP contribution is -2.39. The number of carbonyl (C=O) groups is 2. The number of nitrogens with one attached hydrogen (secondary N) is 2. The molecule has 0 aliphatic carbocycles. The van der Waals surface area contributed by atoms with Crippen LogP contribution < -0.4 is 0 Å². The zero-order chi connectivity index (χ0) is 35.7. The number of aromatic nitrogens is 6. The van der Waals surface area contributed by atoms with Crippen molar-refractivity contribution in [2.24, 2.45) is 0 Å². The maximum absolute atomic E-state index is 13.4. The van der Waals surface area contributed by atoms with Crippen LogP contribution in [0.25, 0.3) is 44.3 Å². The van der Waals surface area contributed by atoms with Gasteiger partial charge in [0.15, 0.2) is 0 Å². The lowest BCUT2D eigenvalue weighted by Gasteiger charge is -2.34. The topological polar surface area (TPSA) is 124 Å². The highest BCUT2D eigenvalue weighted by molar-refractivity contribution is 7.99. The second kappa shape index (κ2) is 14.3. The third-order valence-electron chi connectivity index (χ3n) is 10.2. The highest BCUT2D eigenvalue weighted by atomic mass is 32.2. The summed E-state index contributed by atoms with van der Waals surface area (Å²) in [5.74, 6) is 2.77. The average Bonchev–Trinajstić information content (AvgIpc) is 3.97. The van der Waals surface area contributed by atoms with Crippen molar-refractivity contribution in [1.29, 1.82) is 0 Å². The number of imidazole rings is 2. The highest BCUT2D eigenvalue weighted by Crippen LogP contribution is 2.38. The van der Waals surface area contributed by atoms with E-state index in [1.165, 1.54) is 0 Å². The molecule has 2 atom stereocenters. The molecule has 2 fully saturated rings. The van der Waals surface area contributed by atoms with Crippen LogP contribution in [0.15, 0.2) is 109 Å². The molecule has 9 rings (SSSR count). The average molecular weight is 719 g/mol. The Bertz CT molecular complexity index is 2410. The van der Waals surface area contributed by atoms with Crippen molar-refractivity contribution in [3.63, 3.8) is 0 Å². The van der Waals surface area contributed by atoms with E-state index in [0.29, 0.717) is 13.0 Å². The summed E-state index contributed by atoms with van der Waals surface area (Å²) >= 11 is 1.76. The zero-order valence-corrected chi connectivity index (χ0v) is 29.9. The van der Waals surface area contributed by atoms with E-state index < -0.39 is 0 Å². The van der Waals surface area contributed by atoms with E-state index >= 15 is 0 Å². The van der Waals surface area contributed by atoms with E-state index in [9.17, 15) is 9.59 Å². The van der Waals surface area contributed by atoms with Crippen molar-refractivity contribution in [1.82, 2.24) is 39.7 Å². The van der Waals surface area contributed by atoms with Crippen molar-refractivity contribution in [3.05, 3.63) is 132 Å². The number of fused-ring (bicyclic) bond motifs is 2. The van der Waals surface area contributed by atoms with E-state index in [-0.39, 0.29) is 29.7 Å². The quantitative estimate of drug-likeness (QED) is 0.165. The van der Waals surface area contributed by atoms with Gasteiger partial charge in [-0.05, 0) is 95.8 Å². The van der Waals surface area contributed by atoms with Crippen LogP contribution in [0.1, 0.15) is 53.7 Å². The molecule has 7 aromatic rings. The van der Waals surface area contributed by atoms with Gasteiger partial charge in [-0.1, -0.05) is 48.5 Å². The smallest absolute Gasteiger partial charge is 0.229 e. The fourth-order valence-corrected chi connectivity index (χ4v) is 8.73. The van der Waals surface area contributed by atoms with Gasteiger partial charge < -0.3 is 19.8 Å². The summed E-state index contributed by atoms with van der Waals surface area (Å²) in [6.45, 7) is 1.44. The molecule has 53 heavy (non-hydrogen) atoms. The summed E-state index contributed by atoms with van der Waals surface area (Å²) in [5, 5.41) is -0.157. The van der Waals surface area contributed by atoms with E-state index in [0.717, 1.165) is 98.9 Å². The molecular formula is C42H38N8O2S. The number of thioether (sulfide) groups is 1. The van der Waals surface area contributed by atoms with Crippen LogP contribution in [0.2, 0.25) is 0 Å². The van der Waals surface area contributed by atoms with Gasteiger partial charge in [-0.15, -0.1) is 11.8 Å². The Hall–Kier alpha value is -5.81. The minimum absolute atomic E-state index is 0.0651. The Labute approximate surface area is 311 Å². The lowest BCUT2D eigenvalue weighted by molar-refractivity contribution is -0.132. The molecule has 2 saturated heterocycles. The van der Waals surface area contributed by atoms with E-state index in [4.69, 9.17) is 9.97 Å². The number of likely N-dealkylation sites (tertiary alicyclic amines) is 1. The Morgan fingerprint density at radius 2 is 1.19 bits per heavy atom. The number of carbonyl (C=O) groups excluding carboxylic acids is 2. The molecule has 11 heteroatoms. The number of hydrogen-bond donors (Lipinski definition) is 2. The van der Waals surface area contributed by atoms with E-state index in [1.807, 2.05) is 52.3 Å². The molecule has 2 unspecified atom stereocenters. The molecule has 2 N–H and O–H groups in total. The molecule has 2 aliphatic heterocycles. The Balaban J connectivity index is 0.907. The first-order valence-electron chi connectivity index (χ1n) is 18.2. The first-order chi connectivity index (χ1) is 26.1. The minimum Gasteiger partial charge on any atom is -0.340 e. The number of pyridine rings is 2. The second-order valence-corrected chi connectivity index (χ2v) is 14.9. The van der Waals surface area contributed by atoms with Crippen LogP contribution in [-0.4, -0.2) is 70.4 Å². The van der Waals surface area contributed by atoms with E-state index in [2.05, 4.69) is 74.5 Å². The van der Waals surface area contributed by atoms with Crippen LogP contribution in [0.5, 0.6) is 0 Å². The van der Waals surface area contributed by atoms with Gasteiger partial charge >= 0.3 is 0 Å². The number of nitrogens with zero attached hydrogens (tertiary/aromatic N) is 6. The number of hydrogen-bond acceptors (Lipinski definition) is 7. The normalized spacial score (nSPS) is 17.5. The predicted molar refractivity (Wildman–Crippen MR) is 208 cm³/mol. The summed E-state index contributed by atoms with van der Waals surface area (Å²) < 4.78 is 0. The Morgan fingerprint density at radius 1 is 0.642 bits per heavy atom. The van der Waals surface area contributed by atoms with Crippen LogP contribution in [0.3, 0.4) is 0 Å². The van der Waals surface area contributed by atoms with Crippen molar-refractivity contribution in [2.45, 2.75) is 43.5 Å². The third kappa shape index (κ3) is 6.80. The third-order valence-corrected chi connectivity index (χ3v) is 11.5. The number of H-pyrrole nitrogens is 2. The molecular weight excluding hydrogens is 681 g/mol. The fraction of sp³-hybridized carbons (Fsp3) is 0.238. The van der Waals surface area contributed by atoms with Crippen LogP contribution in [-0.2, 0) is 22.4 Å². The SMILES string of the molecule is O=C(Cc1ccccn1)N1CCCC1c1nc2ccc(-c3ccc(-c4ccc5nc(C6SCCCN6C(=O)Cc6ccccn6)[nH]c5c4)cc3)cc2[nH]1. The fourth-order valence-electron chi connectivity index (χ4n) is 7.53. The van der Waals surface area contributed by atoms with Crippen molar-refractivity contribution in [3.8, 4) is 22.3 Å². The van der Waals surface area contributed by atoms with Gasteiger partial charge in [0, 0.05) is 36.9 Å². The second-order valence-electron chi connectivity index (χ2n) is 13.7. The van der Waals surface area contributed by atoms with E-state index in [1.54, 1.807) is 24.2 Å². The highest BCUT2D eigenvalue weighted by Gasteiger charge is 2.33. The summed E-state index contributed by atoms with van der Waals surface area (Å²) in [5.41, 5.74) is 9.64. The molecule has 2 aliphatic rings. The number of rotatable bonds is 8. The summed E-state index contributed by atoms with van der Waals surface area (Å²) in [7, 11) is 0. The van der Waals surface area contributed by atoms with Crippen molar-refractivity contribution >= 4 is 45.6 Å². The maximum Gasteiger partial charge on any atom is 0.229 e. The summed E-state index contributed by atoms with van der Waals surface area (Å²) in [4.78, 5) is 56.1. The van der Waals surface area contributed by atoms with Crippen molar-refractivity contribution < 1.29 is 9.59 Å². The molecule has 10 nitrogen and oxygen atoms in total. The van der Waals surface area contributed by atoms with Gasteiger partial charge in [0.2, 0.25) is 11.8 Å². The molecule has 3 aromatic carbocycles. The van der Waals surface area contributed by atoms with Crippen LogP contribution in [0.4, 0.5) is 0 Å². The Morgan fingerprint density at radius 3 is 1.79 bits per heavy atom. The molecule has 0 radical (unpaired) electrons. The molecule has 0 bridgehead atoms. The van der Waals surface area contributed by atoms with Gasteiger partial charge in [0.05, 0.1) is 41.0 Å². The van der Waals surface area contributed by atoms with Gasteiger partial charge in [0.1, 0.15) is 17.0 Å². The first-order valence-corrected chi connectivity index (χ1v) is 19.2. The monoisotopic (exact) mass is 718 g/mol. The zero-order valence-electron chi connectivity index (χ0n) is 29.1.